The number of likely N-dealkylation sites (N-methyl/N-ethyl adjacent to an activating group) is 1. The van der Waals surface area contributed by atoms with Crippen LogP contribution in [0.5, 0.6) is 0 Å². The van der Waals surface area contributed by atoms with Gasteiger partial charge in [0.25, 0.3) is 0 Å². The number of rotatable bonds is 5. The number of benzodiazepines with no additional fused rings is 1. The second kappa shape index (κ2) is 9.59. The lowest BCUT2D eigenvalue weighted by molar-refractivity contribution is 0.897. The van der Waals surface area contributed by atoms with E-state index in [1.807, 2.05) is 54.6 Å². The van der Waals surface area contributed by atoms with Crippen LogP contribution in [-0.2, 0) is 12.8 Å². The fraction of sp³-hybridized carbons (Fsp3) is 0.192. The van der Waals surface area contributed by atoms with E-state index in [4.69, 9.17) is 21.6 Å². The van der Waals surface area contributed by atoms with Crippen molar-refractivity contribution in [3.8, 4) is 6.07 Å². The number of pyridine rings is 1. The minimum atomic E-state index is 0.616. The number of nitrogens with zero attached hydrogens (tertiary/aromatic N) is 4. The number of benzene rings is 2. The summed E-state index contributed by atoms with van der Waals surface area (Å²) in [6.45, 7) is 1.64. The fourth-order valence-electron chi connectivity index (χ4n) is 3.67. The van der Waals surface area contributed by atoms with Crippen molar-refractivity contribution in [2.45, 2.75) is 12.8 Å². The standard InChI is InChI=1S/C26H23ClN4/c1-31-17-16-29-25(23-4-2-3-5-26(23)31)15-13-22-12-9-20(18-28)24(30-22)14-8-19-6-10-21(27)11-7-19/h2-7,9-13,15H,8,14,16-17H2,1H3/b15-13+. The average molecular weight is 427 g/mol. The summed E-state index contributed by atoms with van der Waals surface area (Å²) in [5.74, 6) is 0. The molecular formula is C26H23ClN4. The molecule has 4 rings (SSSR count). The van der Waals surface area contributed by atoms with Crippen molar-refractivity contribution < 1.29 is 0 Å². The molecule has 1 aliphatic rings. The first-order valence-corrected chi connectivity index (χ1v) is 10.7. The zero-order valence-electron chi connectivity index (χ0n) is 17.4. The lowest BCUT2D eigenvalue weighted by atomic mass is 10.0. The number of halogens is 1. The van der Waals surface area contributed by atoms with E-state index < -0.39 is 0 Å². The number of nitriles is 1. The van der Waals surface area contributed by atoms with E-state index in [1.54, 1.807) is 0 Å². The molecule has 2 aromatic carbocycles. The molecule has 31 heavy (non-hydrogen) atoms. The molecule has 0 saturated carbocycles. The Hall–Kier alpha value is -3.42. The smallest absolute Gasteiger partial charge is 0.101 e. The molecule has 1 aliphatic heterocycles. The second-order valence-electron chi connectivity index (χ2n) is 7.51. The molecular weight excluding hydrogens is 404 g/mol. The lowest BCUT2D eigenvalue weighted by Gasteiger charge is -2.18. The Morgan fingerprint density at radius 3 is 2.65 bits per heavy atom. The van der Waals surface area contributed by atoms with Gasteiger partial charge in [-0.3, -0.25) is 9.98 Å². The van der Waals surface area contributed by atoms with Gasteiger partial charge in [0.15, 0.2) is 0 Å². The molecule has 0 fully saturated rings. The number of allylic oxidation sites excluding steroid dienone is 1. The lowest BCUT2D eigenvalue weighted by Crippen LogP contribution is -2.20. The summed E-state index contributed by atoms with van der Waals surface area (Å²) in [6, 6.07) is 22.1. The Balaban J connectivity index is 1.56. The van der Waals surface area contributed by atoms with Gasteiger partial charge in [0.2, 0.25) is 0 Å². The maximum atomic E-state index is 9.49. The van der Waals surface area contributed by atoms with E-state index in [0.29, 0.717) is 12.0 Å². The van der Waals surface area contributed by atoms with Gasteiger partial charge in [0.05, 0.1) is 29.2 Å². The molecule has 4 nitrogen and oxygen atoms in total. The van der Waals surface area contributed by atoms with Crippen LogP contribution in [0.25, 0.3) is 6.08 Å². The average Bonchev–Trinajstić information content (AvgIpc) is 2.96. The molecule has 0 amide bonds. The van der Waals surface area contributed by atoms with Crippen molar-refractivity contribution >= 4 is 29.1 Å². The summed E-state index contributed by atoms with van der Waals surface area (Å²) < 4.78 is 0. The number of fused-ring (bicyclic) bond motifs is 1. The van der Waals surface area contributed by atoms with E-state index in [1.165, 1.54) is 11.3 Å². The van der Waals surface area contributed by atoms with Crippen LogP contribution < -0.4 is 4.90 Å². The highest BCUT2D eigenvalue weighted by atomic mass is 35.5. The van der Waals surface area contributed by atoms with Gasteiger partial charge in [-0.05, 0) is 60.9 Å². The number of anilines is 1. The number of aliphatic imine (C=N–C) groups is 1. The van der Waals surface area contributed by atoms with Crippen LogP contribution in [0.3, 0.4) is 0 Å². The van der Waals surface area contributed by atoms with E-state index in [9.17, 15) is 5.26 Å². The minimum absolute atomic E-state index is 0.616. The molecule has 0 spiro atoms. The summed E-state index contributed by atoms with van der Waals surface area (Å²) in [7, 11) is 2.09. The maximum Gasteiger partial charge on any atom is 0.101 e. The fourth-order valence-corrected chi connectivity index (χ4v) is 3.80. The third-order valence-corrected chi connectivity index (χ3v) is 5.65. The molecule has 0 bridgehead atoms. The summed E-state index contributed by atoms with van der Waals surface area (Å²) >= 11 is 5.97. The molecule has 0 saturated heterocycles. The van der Waals surface area contributed by atoms with Gasteiger partial charge in [-0.1, -0.05) is 41.9 Å². The second-order valence-corrected chi connectivity index (χ2v) is 7.94. The summed E-state index contributed by atoms with van der Waals surface area (Å²) in [6.07, 6.45) is 5.50. The van der Waals surface area contributed by atoms with Crippen LogP contribution in [0, 0.1) is 11.3 Å². The van der Waals surface area contributed by atoms with Gasteiger partial charge >= 0.3 is 0 Å². The quantitative estimate of drug-likeness (QED) is 0.553. The van der Waals surface area contributed by atoms with Gasteiger partial charge in [-0.25, -0.2) is 0 Å². The van der Waals surface area contributed by atoms with Gasteiger partial charge < -0.3 is 4.90 Å². The van der Waals surface area contributed by atoms with Crippen molar-refractivity contribution in [2.75, 3.05) is 25.0 Å². The number of aromatic nitrogens is 1. The minimum Gasteiger partial charge on any atom is -0.372 e. The molecule has 0 aliphatic carbocycles. The van der Waals surface area contributed by atoms with Crippen molar-refractivity contribution in [3.05, 3.63) is 99.8 Å². The van der Waals surface area contributed by atoms with Crippen LogP contribution in [0.1, 0.15) is 28.1 Å². The topological polar surface area (TPSA) is 52.3 Å². The predicted octanol–water partition coefficient (Wildman–Crippen LogP) is 5.34. The Bertz CT molecular complexity index is 1170. The summed E-state index contributed by atoms with van der Waals surface area (Å²) in [5, 5.41) is 10.2. The Morgan fingerprint density at radius 2 is 1.84 bits per heavy atom. The molecule has 0 radical (unpaired) electrons. The molecule has 1 aromatic heterocycles. The van der Waals surface area contributed by atoms with Crippen LogP contribution in [-0.4, -0.2) is 30.8 Å². The number of aryl methyl sites for hydroxylation is 2. The van der Waals surface area contributed by atoms with Crippen LogP contribution in [0.2, 0.25) is 5.02 Å². The summed E-state index contributed by atoms with van der Waals surface area (Å²) in [5.41, 5.74) is 6.67. The van der Waals surface area contributed by atoms with Crippen molar-refractivity contribution in [1.29, 1.82) is 5.26 Å². The molecule has 0 unspecified atom stereocenters. The zero-order chi connectivity index (χ0) is 21.6. The molecule has 2 heterocycles. The number of para-hydroxylation sites is 1. The van der Waals surface area contributed by atoms with Gasteiger partial charge in [-0.2, -0.15) is 5.26 Å². The predicted molar refractivity (Wildman–Crippen MR) is 128 cm³/mol. The van der Waals surface area contributed by atoms with Crippen molar-refractivity contribution in [3.63, 3.8) is 0 Å². The van der Waals surface area contributed by atoms with Crippen molar-refractivity contribution in [1.82, 2.24) is 4.98 Å². The van der Waals surface area contributed by atoms with Gasteiger partial charge in [0.1, 0.15) is 6.07 Å². The first kappa shape index (κ1) is 20.8. The first-order valence-electron chi connectivity index (χ1n) is 10.3. The normalized spacial score (nSPS) is 13.5. The number of hydrogen-bond acceptors (Lipinski definition) is 4. The van der Waals surface area contributed by atoms with Gasteiger partial charge in [-0.15, -0.1) is 0 Å². The number of hydrogen-bond donors (Lipinski definition) is 0. The molecule has 0 N–H and O–H groups in total. The zero-order valence-corrected chi connectivity index (χ0v) is 18.2. The molecule has 3 aromatic rings. The van der Waals surface area contributed by atoms with Gasteiger partial charge in [0, 0.05) is 29.9 Å². The Morgan fingerprint density at radius 1 is 1.03 bits per heavy atom. The highest BCUT2D eigenvalue weighted by Crippen LogP contribution is 2.23. The van der Waals surface area contributed by atoms with E-state index >= 15 is 0 Å². The van der Waals surface area contributed by atoms with Crippen LogP contribution in [0.4, 0.5) is 5.69 Å². The third kappa shape index (κ3) is 5.02. The van der Waals surface area contributed by atoms with Crippen LogP contribution >= 0.6 is 11.6 Å². The largest absolute Gasteiger partial charge is 0.372 e. The van der Waals surface area contributed by atoms with E-state index in [2.05, 4.69) is 36.2 Å². The molecule has 0 atom stereocenters. The first-order chi connectivity index (χ1) is 15.1. The monoisotopic (exact) mass is 426 g/mol. The molecule has 5 heteroatoms. The van der Waals surface area contributed by atoms with E-state index in [-0.39, 0.29) is 0 Å². The highest BCUT2D eigenvalue weighted by Gasteiger charge is 2.14. The van der Waals surface area contributed by atoms with Crippen LogP contribution in [0.15, 0.2) is 71.7 Å². The Kier molecular flexibility index (Phi) is 6.45. The van der Waals surface area contributed by atoms with Crippen molar-refractivity contribution in [2.24, 2.45) is 4.99 Å². The SMILES string of the molecule is CN1CCN=C(/C=C/c2ccc(C#N)c(CCc3ccc(Cl)cc3)n2)c2ccccc21. The molecule has 154 valence electrons. The Labute approximate surface area is 188 Å². The third-order valence-electron chi connectivity index (χ3n) is 5.40. The summed E-state index contributed by atoms with van der Waals surface area (Å²) in [4.78, 5) is 11.8. The maximum absolute atomic E-state index is 9.49. The van der Waals surface area contributed by atoms with E-state index in [0.717, 1.165) is 47.2 Å². The highest BCUT2D eigenvalue weighted by molar-refractivity contribution is 6.30.